The Bertz CT molecular complexity index is 785. The number of anilines is 1. The van der Waals surface area contributed by atoms with Gasteiger partial charge in [0.2, 0.25) is 0 Å². The Morgan fingerprint density at radius 3 is 2.55 bits per heavy atom. The minimum Gasteiger partial charge on any atom is -0.495 e. The summed E-state index contributed by atoms with van der Waals surface area (Å²) in [6.07, 6.45) is 4.23. The zero-order valence-corrected chi connectivity index (χ0v) is 17.9. The molecule has 0 aliphatic carbocycles. The monoisotopic (exact) mass is 396 g/mol. The number of aliphatic imine (C=N–C) groups is 1. The van der Waals surface area contributed by atoms with E-state index in [1.807, 2.05) is 13.0 Å². The number of hydrogen-bond acceptors (Lipinski definition) is 6. The van der Waals surface area contributed by atoms with E-state index in [1.54, 1.807) is 7.11 Å². The van der Waals surface area contributed by atoms with E-state index in [2.05, 4.69) is 46.6 Å². The largest absolute Gasteiger partial charge is 0.495 e. The first-order valence-electron chi connectivity index (χ1n) is 10.5. The summed E-state index contributed by atoms with van der Waals surface area (Å²) >= 11 is 0. The number of nitrogens with zero attached hydrogens (tertiary/aromatic N) is 4. The Morgan fingerprint density at radius 2 is 2.00 bits per heavy atom. The molecule has 1 atom stereocenters. The first-order valence-corrected chi connectivity index (χ1v) is 10.5. The van der Waals surface area contributed by atoms with Gasteiger partial charge in [0.05, 0.1) is 37.8 Å². The molecule has 1 unspecified atom stereocenters. The van der Waals surface area contributed by atoms with Crippen LogP contribution in [0.1, 0.15) is 32.3 Å². The van der Waals surface area contributed by atoms with Crippen molar-refractivity contribution in [3.8, 4) is 11.8 Å². The van der Waals surface area contributed by atoms with E-state index in [0.29, 0.717) is 5.92 Å². The fraction of sp³-hybridized carbons (Fsp3) is 0.565. The van der Waals surface area contributed by atoms with Crippen LogP contribution in [0.3, 0.4) is 0 Å². The van der Waals surface area contributed by atoms with E-state index in [0.717, 1.165) is 74.9 Å². The summed E-state index contributed by atoms with van der Waals surface area (Å²) < 4.78 is 11.2. The topological polar surface area (TPSA) is 61.1 Å². The van der Waals surface area contributed by atoms with Gasteiger partial charge in [-0.05, 0) is 45.4 Å². The molecule has 6 heteroatoms. The molecule has 1 aromatic rings. The number of benzene rings is 1. The van der Waals surface area contributed by atoms with E-state index in [-0.39, 0.29) is 5.92 Å². The van der Waals surface area contributed by atoms with Crippen molar-refractivity contribution in [1.29, 1.82) is 5.26 Å². The maximum absolute atomic E-state index is 9.24. The number of rotatable bonds is 6. The zero-order chi connectivity index (χ0) is 20.8. The average molecular weight is 397 g/mol. The first-order chi connectivity index (χ1) is 14.1. The van der Waals surface area contributed by atoms with Crippen LogP contribution in [0.2, 0.25) is 0 Å². The summed E-state index contributed by atoms with van der Waals surface area (Å²) in [7, 11) is 1.70. The van der Waals surface area contributed by atoms with Crippen LogP contribution in [0.4, 0.5) is 11.4 Å². The second-order valence-corrected chi connectivity index (χ2v) is 7.71. The molecular formula is C23H32N4O2. The van der Waals surface area contributed by atoms with E-state index >= 15 is 0 Å². The number of piperidine rings is 1. The molecule has 3 rings (SSSR count). The van der Waals surface area contributed by atoms with Gasteiger partial charge < -0.3 is 19.3 Å². The predicted octanol–water partition coefficient (Wildman–Crippen LogP) is 4.10. The lowest BCUT2D eigenvalue weighted by atomic mass is 9.86. The summed E-state index contributed by atoms with van der Waals surface area (Å²) in [5.74, 6) is 1.41. The van der Waals surface area contributed by atoms with Crippen molar-refractivity contribution in [2.45, 2.75) is 26.7 Å². The van der Waals surface area contributed by atoms with Gasteiger partial charge >= 0.3 is 0 Å². The highest BCUT2D eigenvalue weighted by Crippen LogP contribution is 2.40. The molecule has 156 valence electrons. The highest BCUT2D eigenvalue weighted by Gasteiger charge is 2.27. The van der Waals surface area contributed by atoms with Crippen LogP contribution in [-0.2, 0) is 4.74 Å². The van der Waals surface area contributed by atoms with Gasteiger partial charge in [-0.25, -0.2) is 0 Å². The van der Waals surface area contributed by atoms with Crippen LogP contribution in [0.15, 0.2) is 23.2 Å². The molecule has 0 bridgehead atoms. The van der Waals surface area contributed by atoms with Crippen LogP contribution in [0.25, 0.3) is 5.70 Å². The SMILES string of the molecule is C=Nc1cc(OC)c(N2CCOCC2)cc1/C(=C\C)N1CCC(C(C)C#N)CC1. The highest BCUT2D eigenvalue weighted by molar-refractivity contribution is 5.81. The summed E-state index contributed by atoms with van der Waals surface area (Å²) in [6.45, 7) is 12.9. The lowest BCUT2D eigenvalue weighted by Crippen LogP contribution is -2.36. The number of methoxy groups -OCH3 is 1. The average Bonchev–Trinajstić information content (AvgIpc) is 2.79. The van der Waals surface area contributed by atoms with Crippen LogP contribution in [0, 0.1) is 23.2 Å². The first kappa shape index (κ1) is 21.2. The molecule has 2 saturated heterocycles. The van der Waals surface area contributed by atoms with E-state index < -0.39 is 0 Å². The summed E-state index contributed by atoms with van der Waals surface area (Å²) in [4.78, 5) is 9.03. The number of likely N-dealkylation sites (tertiary alicyclic amines) is 1. The molecule has 0 aromatic heterocycles. The second kappa shape index (κ2) is 9.80. The lowest BCUT2D eigenvalue weighted by Gasteiger charge is -2.37. The van der Waals surface area contributed by atoms with Crippen LogP contribution >= 0.6 is 0 Å². The van der Waals surface area contributed by atoms with Crippen molar-refractivity contribution < 1.29 is 9.47 Å². The Kier molecular flexibility index (Phi) is 7.16. The minimum atomic E-state index is 0.116. The van der Waals surface area contributed by atoms with Crippen molar-refractivity contribution in [2.24, 2.45) is 16.8 Å². The number of morpholine rings is 1. The molecule has 29 heavy (non-hydrogen) atoms. The zero-order valence-electron chi connectivity index (χ0n) is 17.9. The lowest BCUT2D eigenvalue weighted by molar-refractivity contribution is 0.122. The molecule has 6 nitrogen and oxygen atoms in total. The molecule has 2 fully saturated rings. The standard InChI is InChI=1S/C23H32N4O2/c1-5-21(26-8-6-18(7-9-26)17(2)16-24)19-14-22(27-10-12-29-13-11-27)23(28-4)15-20(19)25-3/h5,14-15,17-18H,3,6-13H2,1-2,4H3/b21-5+. The number of hydrogen-bond donors (Lipinski definition) is 0. The number of allylic oxidation sites excluding steroid dienone is 1. The Balaban J connectivity index is 1.91. The van der Waals surface area contributed by atoms with Gasteiger partial charge in [0.1, 0.15) is 5.75 Å². The fourth-order valence-corrected chi connectivity index (χ4v) is 4.36. The smallest absolute Gasteiger partial charge is 0.144 e. The molecule has 0 N–H and O–H groups in total. The van der Waals surface area contributed by atoms with E-state index in [4.69, 9.17) is 9.47 Å². The van der Waals surface area contributed by atoms with Gasteiger partial charge in [0, 0.05) is 49.4 Å². The van der Waals surface area contributed by atoms with Crippen LogP contribution < -0.4 is 9.64 Å². The number of ether oxygens (including phenoxy) is 2. The summed E-state index contributed by atoms with van der Waals surface area (Å²) in [5, 5.41) is 9.24. The van der Waals surface area contributed by atoms with Crippen LogP contribution in [0.5, 0.6) is 5.75 Å². The fourth-order valence-electron chi connectivity index (χ4n) is 4.36. The van der Waals surface area contributed by atoms with Gasteiger partial charge in [-0.2, -0.15) is 5.26 Å². The third-order valence-electron chi connectivity index (χ3n) is 6.16. The normalized spacial score (nSPS) is 19.6. The second-order valence-electron chi connectivity index (χ2n) is 7.71. The van der Waals surface area contributed by atoms with Gasteiger partial charge in [0.15, 0.2) is 0 Å². The maximum Gasteiger partial charge on any atom is 0.144 e. The van der Waals surface area contributed by atoms with Gasteiger partial charge in [-0.3, -0.25) is 4.99 Å². The number of nitriles is 1. The van der Waals surface area contributed by atoms with E-state index in [9.17, 15) is 5.26 Å². The van der Waals surface area contributed by atoms with Crippen LogP contribution in [-0.4, -0.2) is 58.1 Å². The molecule has 2 aliphatic heterocycles. The van der Waals surface area contributed by atoms with Gasteiger partial charge in [0.25, 0.3) is 0 Å². The molecule has 0 saturated carbocycles. The summed E-state index contributed by atoms with van der Waals surface area (Å²) in [5.41, 5.74) is 4.16. The van der Waals surface area contributed by atoms with Gasteiger partial charge in [-0.1, -0.05) is 6.08 Å². The van der Waals surface area contributed by atoms with Crippen molar-refractivity contribution >= 4 is 23.8 Å². The van der Waals surface area contributed by atoms with Crippen molar-refractivity contribution in [1.82, 2.24) is 4.90 Å². The predicted molar refractivity (Wildman–Crippen MR) is 118 cm³/mol. The molecule has 0 radical (unpaired) electrons. The molecule has 2 heterocycles. The Labute approximate surface area is 174 Å². The van der Waals surface area contributed by atoms with Crippen molar-refractivity contribution in [2.75, 3.05) is 51.4 Å². The molecule has 1 aromatic carbocycles. The molecular weight excluding hydrogens is 364 g/mol. The Morgan fingerprint density at radius 1 is 1.31 bits per heavy atom. The quantitative estimate of drug-likeness (QED) is 0.678. The maximum atomic E-state index is 9.24. The van der Waals surface area contributed by atoms with Crippen molar-refractivity contribution in [3.05, 3.63) is 23.8 Å². The third kappa shape index (κ3) is 4.56. The molecule has 0 spiro atoms. The third-order valence-corrected chi connectivity index (χ3v) is 6.16. The highest BCUT2D eigenvalue weighted by atomic mass is 16.5. The van der Waals surface area contributed by atoms with Crippen molar-refractivity contribution in [3.63, 3.8) is 0 Å². The minimum absolute atomic E-state index is 0.116. The van der Waals surface area contributed by atoms with E-state index in [1.165, 1.54) is 5.70 Å². The summed E-state index contributed by atoms with van der Waals surface area (Å²) in [6, 6.07) is 6.59. The Hall–Kier alpha value is -2.52. The molecule has 0 amide bonds. The molecule has 2 aliphatic rings. The van der Waals surface area contributed by atoms with Gasteiger partial charge in [-0.15, -0.1) is 0 Å².